The van der Waals surface area contributed by atoms with E-state index in [4.69, 9.17) is 9.84 Å². The van der Waals surface area contributed by atoms with Crippen LogP contribution in [0.1, 0.15) is 18.7 Å². The zero-order chi connectivity index (χ0) is 13.8. The fraction of sp³-hybridized carbons (Fsp3) is 0.583. The number of hydrogen-bond acceptors (Lipinski definition) is 4. The van der Waals surface area contributed by atoms with Crippen LogP contribution in [0.4, 0.5) is 0 Å². The van der Waals surface area contributed by atoms with Crippen molar-refractivity contribution in [1.82, 2.24) is 14.9 Å². The number of nitrogens with one attached hydrogen (secondary N) is 1. The van der Waals surface area contributed by atoms with E-state index in [9.17, 15) is 9.59 Å². The topological polar surface area (TPSA) is 93.5 Å². The summed E-state index contributed by atoms with van der Waals surface area (Å²) in [5, 5.41) is 11.5. The van der Waals surface area contributed by atoms with Crippen LogP contribution in [-0.4, -0.2) is 45.3 Å². The summed E-state index contributed by atoms with van der Waals surface area (Å²) in [6.07, 6.45) is 3.50. The Morgan fingerprint density at radius 1 is 1.53 bits per heavy atom. The molecule has 1 saturated heterocycles. The van der Waals surface area contributed by atoms with Gasteiger partial charge < -0.3 is 19.7 Å². The normalized spacial score (nSPS) is 22.4. The lowest BCUT2D eigenvalue weighted by Crippen LogP contribution is -2.36. The smallest absolute Gasteiger partial charge is 0.332 e. The Hall–Kier alpha value is -1.89. The lowest BCUT2D eigenvalue weighted by atomic mass is 10.2. The summed E-state index contributed by atoms with van der Waals surface area (Å²) in [4.78, 5) is 26.6. The fourth-order valence-electron chi connectivity index (χ4n) is 2.06. The minimum absolute atomic E-state index is 0.252. The van der Waals surface area contributed by atoms with E-state index in [0.717, 1.165) is 5.82 Å². The number of aromatic nitrogens is 2. The molecule has 2 unspecified atom stereocenters. The van der Waals surface area contributed by atoms with Crippen molar-refractivity contribution in [3.63, 3.8) is 0 Å². The van der Waals surface area contributed by atoms with Crippen LogP contribution >= 0.6 is 0 Å². The van der Waals surface area contributed by atoms with Crippen LogP contribution in [0.3, 0.4) is 0 Å². The van der Waals surface area contributed by atoms with Crippen LogP contribution < -0.4 is 5.32 Å². The van der Waals surface area contributed by atoms with E-state index in [0.29, 0.717) is 25.8 Å². The lowest BCUT2D eigenvalue weighted by Gasteiger charge is -2.11. The van der Waals surface area contributed by atoms with Crippen LogP contribution in [0.2, 0.25) is 0 Å². The first kappa shape index (κ1) is 13.5. The number of amides is 1. The molecular formula is C12H17N3O4. The third-order valence-corrected chi connectivity index (χ3v) is 3.16. The summed E-state index contributed by atoms with van der Waals surface area (Å²) in [7, 11) is 1.89. The van der Waals surface area contributed by atoms with Crippen molar-refractivity contribution in [2.24, 2.45) is 7.05 Å². The van der Waals surface area contributed by atoms with Crippen molar-refractivity contribution in [3.8, 4) is 0 Å². The van der Waals surface area contributed by atoms with Gasteiger partial charge in [-0.05, 0) is 12.8 Å². The Labute approximate surface area is 110 Å². The van der Waals surface area contributed by atoms with Gasteiger partial charge in [-0.15, -0.1) is 0 Å². The minimum Gasteiger partial charge on any atom is -0.479 e. The van der Waals surface area contributed by atoms with Crippen LogP contribution in [0.5, 0.6) is 0 Å². The van der Waals surface area contributed by atoms with E-state index in [1.807, 2.05) is 17.8 Å². The SMILES string of the molecule is Cn1ccnc1CCNC(=O)C1CCC(C(=O)O)O1. The molecule has 2 heterocycles. The molecule has 19 heavy (non-hydrogen) atoms. The molecule has 0 radical (unpaired) electrons. The van der Waals surface area contributed by atoms with Gasteiger partial charge in [0.1, 0.15) is 11.9 Å². The monoisotopic (exact) mass is 267 g/mol. The average molecular weight is 267 g/mol. The largest absolute Gasteiger partial charge is 0.479 e. The van der Waals surface area contributed by atoms with Gasteiger partial charge in [-0.2, -0.15) is 0 Å². The molecule has 7 nitrogen and oxygen atoms in total. The highest BCUT2D eigenvalue weighted by atomic mass is 16.5. The summed E-state index contributed by atoms with van der Waals surface area (Å²) >= 11 is 0. The number of ether oxygens (including phenoxy) is 1. The van der Waals surface area contributed by atoms with Gasteiger partial charge in [0.25, 0.3) is 0 Å². The summed E-state index contributed by atoms with van der Waals surface area (Å²) in [6, 6.07) is 0. The first-order chi connectivity index (χ1) is 9.08. The number of carboxylic acid groups (broad SMARTS) is 1. The van der Waals surface area contributed by atoms with E-state index in [2.05, 4.69) is 10.3 Å². The summed E-state index contributed by atoms with van der Waals surface area (Å²) in [5.41, 5.74) is 0. The molecule has 1 aromatic rings. The number of hydrogen-bond donors (Lipinski definition) is 2. The number of nitrogens with zero attached hydrogens (tertiary/aromatic N) is 2. The standard InChI is InChI=1S/C12H17N3O4/c1-15-7-6-13-10(15)4-5-14-11(16)8-2-3-9(19-8)12(17)18/h6-9H,2-5H2,1H3,(H,14,16)(H,17,18). The number of carbonyl (C=O) groups excluding carboxylic acids is 1. The van der Waals surface area contributed by atoms with Gasteiger partial charge in [-0.1, -0.05) is 0 Å². The Kier molecular flexibility index (Phi) is 4.16. The number of imidazole rings is 1. The zero-order valence-electron chi connectivity index (χ0n) is 10.7. The van der Waals surface area contributed by atoms with Gasteiger partial charge in [0, 0.05) is 32.4 Å². The molecule has 2 atom stereocenters. The molecule has 1 aliphatic heterocycles. The molecule has 0 bridgehead atoms. The van der Waals surface area contributed by atoms with E-state index >= 15 is 0 Å². The Bertz CT molecular complexity index is 471. The molecule has 104 valence electrons. The molecule has 2 N–H and O–H groups in total. The maximum absolute atomic E-state index is 11.8. The van der Waals surface area contributed by atoms with Crippen LogP contribution in [0.15, 0.2) is 12.4 Å². The van der Waals surface area contributed by atoms with Gasteiger partial charge in [-0.25, -0.2) is 9.78 Å². The van der Waals surface area contributed by atoms with Crippen molar-refractivity contribution in [1.29, 1.82) is 0 Å². The first-order valence-electron chi connectivity index (χ1n) is 6.20. The third-order valence-electron chi connectivity index (χ3n) is 3.16. The maximum Gasteiger partial charge on any atom is 0.332 e. The molecule has 1 aromatic heterocycles. The lowest BCUT2D eigenvalue weighted by molar-refractivity contribution is -0.151. The van der Waals surface area contributed by atoms with E-state index in [-0.39, 0.29) is 5.91 Å². The van der Waals surface area contributed by atoms with Gasteiger partial charge in [-0.3, -0.25) is 4.79 Å². The summed E-state index contributed by atoms with van der Waals surface area (Å²) in [5.74, 6) is -0.377. The molecule has 0 spiro atoms. The second-order valence-corrected chi connectivity index (χ2v) is 4.52. The average Bonchev–Trinajstić information content (AvgIpc) is 2.98. The molecule has 2 rings (SSSR count). The first-order valence-corrected chi connectivity index (χ1v) is 6.20. The van der Waals surface area contributed by atoms with Gasteiger partial charge >= 0.3 is 5.97 Å². The van der Waals surface area contributed by atoms with Crippen LogP contribution in [0, 0.1) is 0 Å². The predicted octanol–water partition coefficient (Wildman–Crippen LogP) is -0.289. The Balaban J connectivity index is 1.73. The van der Waals surface area contributed by atoms with Crippen molar-refractivity contribution in [2.45, 2.75) is 31.5 Å². The van der Waals surface area contributed by atoms with Gasteiger partial charge in [0.05, 0.1) is 0 Å². The zero-order valence-corrected chi connectivity index (χ0v) is 10.7. The highest BCUT2D eigenvalue weighted by Crippen LogP contribution is 2.19. The molecule has 1 aliphatic rings. The quantitative estimate of drug-likeness (QED) is 0.764. The Morgan fingerprint density at radius 2 is 2.26 bits per heavy atom. The van der Waals surface area contributed by atoms with Crippen LogP contribution in [-0.2, 0) is 27.8 Å². The van der Waals surface area contributed by atoms with Crippen molar-refractivity contribution in [2.75, 3.05) is 6.54 Å². The van der Waals surface area contributed by atoms with Crippen molar-refractivity contribution >= 4 is 11.9 Å². The minimum atomic E-state index is -1.01. The molecular weight excluding hydrogens is 250 g/mol. The van der Waals surface area contributed by atoms with Gasteiger partial charge in [0.15, 0.2) is 6.10 Å². The second kappa shape index (κ2) is 5.83. The third kappa shape index (κ3) is 3.31. The number of rotatable bonds is 5. The second-order valence-electron chi connectivity index (χ2n) is 4.52. The molecule has 7 heteroatoms. The highest BCUT2D eigenvalue weighted by molar-refractivity contribution is 5.82. The van der Waals surface area contributed by atoms with Crippen LogP contribution in [0.25, 0.3) is 0 Å². The Morgan fingerprint density at radius 3 is 2.84 bits per heavy atom. The molecule has 1 amide bonds. The van der Waals surface area contributed by atoms with Crippen molar-refractivity contribution in [3.05, 3.63) is 18.2 Å². The summed E-state index contributed by atoms with van der Waals surface area (Å²) in [6.45, 7) is 0.460. The van der Waals surface area contributed by atoms with E-state index in [1.165, 1.54) is 0 Å². The van der Waals surface area contributed by atoms with Crippen molar-refractivity contribution < 1.29 is 19.4 Å². The molecule has 1 fully saturated rings. The molecule has 0 aromatic carbocycles. The fourth-order valence-corrected chi connectivity index (χ4v) is 2.06. The van der Waals surface area contributed by atoms with E-state index < -0.39 is 18.2 Å². The summed E-state index contributed by atoms with van der Waals surface area (Å²) < 4.78 is 7.05. The number of aliphatic carboxylic acids is 1. The molecule has 0 aliphatic carbocycles. The van der Waals surface area contributed by atoms with E-state index in [1.54, 1.807) is 6.20 Å². The maximum atomic E-state index is 11.8. The number of carbonyl (C=O) groups is 2. The number of aryl methyl sites for hydroxylation is 1. The number of carboxylic acids is 1. The molecule has 0 saturated carbocycles. The van der Waals surface area contributed by atoms with Gasteiger partial charge in [0.2, 0.25) is 5.91 Å². The highest BCUT2D eigenvalue weighted by Gasteiger charge is 2.34. The predicted molar refractivity (Wildman–Crippen MR) is 65.5 cm³/mol.